The molecule has 0 radical (unpaired) electrons. The number of hydrogen-bond donors (Lipinski definition) is 1. The van der Waals surface area contributed by atoms with Gasteiger partial charge in [-0.3, -0.25) is 0 Å². The summed E-state index contributed by atoms with van der Waals surface area (Å²) >= 11 is 0. The van der Waals surface area contributed by atoms with Gasteiger partial charge in [-0.05, 0) is 42.0 Å². The van der Waals surface area contributed by atoms with Crippen LogP contribution in [0.25, 0.3) is 0 Å². The van der Waals surface area contributed by atoms with Crippen LogP contribution in [-0.2, 0) is 6.54 Å². The van der Waals surface area contributed by atoms with Crippen LogP contribution in [0.5, 0.6) is 0 Å². The van der Waals surface area contributed by atoms with Gasteiger partial charge in [-0.15, -0.1) is 0 Å². The maximum atomic E-state index is 13.3. The summed E-state index contributed by atoms with van der Waals surface area (Å²) in [5.74, 6) is -0.689. The van der Waals surface area contributed by atoms with Gasteiger partial charge in [0.25, 0.3) is 0 Å². The molecule has 0 atom stereocenters. The van der Waals surface area contributed by atoms with E-state index in [0.717, 1.165) is 11.3 Å². The second kappa shape index (κ2) is 5.04. The van der Waals surface area contributed by atoms with Gasteiger partial charge in [-0.1, -0.05) is 6.07 Å². The van der Waals surface area contributed by atoms with E-state index in [0.29, 0.717) is 6.54 Å². The summed E-state index contributed by atoms with van der Waals surface area (Å²) in [7, 11) is 1.86. The second-order valence-corrected chi connectivity index (χ2v) is 4.19. The lowest BCUT2D eigenvalue weighted by Crippen LogP contribution is -2.16. The fraction of sp³-hybridized carbons (Fsp3) is 0.143. The molecule has 0 saturated carbocycles. The molecule has 0 aliphatic carbocycles. The highest BCUT2D eigenvalue weighted by Crippen LogP contribution is 2.18. The van der Waals surface area contributed by atoms with Gasteiger partial charge >= 0.3 is 0 Å². The molecule has 0 heterocycles. The molecule has 2 nitrogen and oxygen atoms in total. The predicted octanol–water partition coefficient (Wildman–Crippen LogP) is 3.18. The Morgan fingerprint density at radius 3 is 2.33 bits per heavy atom. The fourth-order valence-electron chi connectivity index (χ4n) is 1.73. The van der Waals surface area contributed by atoms with E-state index < -0.39 is 5.82 Å². The fourth-order valence-corrected chi connectivity index (χ4v) is 1.73. The molecule has 18 heavy (non-hydrogen) atoms. The van der Waals surface area contributed by atoms with Gasteiger partial charge in [0.2, 0.25) is 0 Å². The average molecular weight is 248 g/mol. The molecule has 2 rings (SSSR count). The largest absolute Gasteiger partial charge is 0.396 e. The maximum absolute atomic E-state index is 13.3. The quantitative estimate of drug-likeness (QED) is 0.845. The molecular weight excluding hydrogens is 234 g/mol. The third kappa shape index (κ3) is 2.77. The molecule has 4 heteroatoms. The number of benzene rings is 2. The molecule has 0 fully saturated rings. The molecule has 0 spiro atoms. The summed E-state index contributed by atoms with van der Waals surface area (Å²) in [5, 5.41) is 0. The molecule has 0 saturated heterocycles. The van der Waals surface area contributed by atoms with E-state index in [2.05, 4.69) is 0 Å². The Bertz CT molecular complexity index is 538. The predicted molar refractivity (Wildman–Crippen MR) is 69.3 cm³/mol. The van der Waals surface area contributed by atoms with E-state index in [1.807, 2.05) is 11.9 Å². The Kier molecular flexibility index (Phi) is 3.46. The highest BCUT2D eigenvalue weighted by atomic mass is 19.1. The smallest absolute Gasteiger partial charge is 0.146 e. The molecule has 0 amide bonds. The van der Waals surface area contributed by atoms with Gasteiger partial charge in [-0.2, -0.15) is 0 Å². The Labute approximate surface area is 105 Å². The highest BCUT2D eigenvalue weighted by Gasteiger charge is 2.05. The van der Waals surface area contributed by atoms with Crippen LogP contribution in [0.4, 0.5) is 20.2 Å². The lowest BCUT2D eigenvalue weighted by atomic mass is 10.2. The zero-order valence-corrected chi connectivity index (χ0v) is 10.0. The third-order valence-corrected chi connectivity index (χ3v) is 2.75. The van der Waals surface area contributed by atoms with Gasteiger partial charge in [0.05, 0.1) is 5.69 Å². The molecule has 0 aliphatic heterocycles. The van der Waals surface area contributed by atoms with Gasteiger partial charge in [0.15, 0.2) is 0 Å². The van der Waals surface area contributed by atoms with Crippen LogP contribution in [0.3, 0.4) is 0 Å². The first-order valence-electron chi connectivity index (χ1n) is 5.57. The normalized spacial score (nSPS) is 10.4. The molecule has 0 unspecified atom stereocenters. The van der Waals surface area contributed by atoms with Crippen molar-refractivity contribution in [3.63, 3.8) is 0 Å². The molecule has 2 N–H and O–H groups in total. The standard InChI is InChI=1S/C14H14F2N2/c1-18(12-5-3-11(15)4-6-12)9-10-2-7-14(17)13(16)8-10/h2-8H,9,17H2,1H3. The third-order valence-electron chi connectivity index (χ3n) is 2.75. The van der Waals surface area contributed by atoms with Crippen molar-refractivity contribution in [2.45, 2.75) is 6.54 Å². The Hall–Kier alpha value is -2.10. The second-order valence-electron chi connectivity index (χ2n) is 4.19. The van der Waals surface area contributed by atoms with Crippen molar-refractivity contribution < 1.29 is 8.78 Å². The molecule has 94 valence electrons. The van der Waals surface area contributed by atoms with Gasteiger partial charge in [-0.25, -0.2) is 8.78 Å². The van der Waals surface area contributed by atoms with Crippen LogP contribution in [-0.4, -0.2) is 7.05 Å². The van der Waals surface area contributed by atoms with Gasteiger partial charge in [0, 0.05) is 19.3 Å². The Balaban J connectivity index is 2.13. The molecule has 0 aliphatic rings. The zero-order valence-electron chi connectivity index (χ0n) is 10.0. The van der Waals surface area contributed by atoms with Crippen LogP contribution < -0.4 is 10.6 Å². The number of nitrogens with two attached hydrogens (primary N) is 1. The van der Waals surface area contributed by atoms with E-state index in [-0.39, 0.29) is 11.5 Å². The van der Waals surface area contributed by atoms with E-state index in [4.69, 9.17) is 5.73 Å². The summed E-state index contributed by atoms with van der Waals surface area (Å²) in [6.45, 7) is 0.531. The lowest BCUT2D eigenvalue weighted by molar-refractivity contribution is 0.627. The van der Waals surface area contributed by atoms with Crippen molar-refractivity contribution in [2.24, 2.45) is 0 Å². The van der Waals surface area contributed by atoms with Crippen LogP contribution in [0.1, 0.15) is 5.56 Å². The summed E-state index contributed by atoms with van der Waals surface area (Å²) in [6.07, 6.45) is 0. The molecule has 2 aromatic rings. The maximum Gasteiger partial charge on any atom is 0.146 e. The minimum atomic E-state index is -0.417. The first-order valence-corrected chi connectivity index (χ1v) is 5.57. The summed E-state index contributed by atoms with van der Waals surface area (Å²) in [5.41, 5.74) is 7.24. The molecule has 0 bridgehead atoms. The SMILES string of the molecule is CN(Cc1ccc(N)c(F)c1)c1ccc(F)cc1. The van der Waals surface area contributed by atoms with Crippen molar-refractivity contribution >= 4 is 11.4 Å². The minimum Gasteiger partial charge on any atom is -0.396 e. The topological polar surface area (TPSA) is 29.3 Å². The summed E-state index contributed by atoms with van der Waals surface area (Å²) < 4.78 is 26.1. The molecular formula is C14H14F2N2. The van der Waals surface area contributed by atoms with E-state index >= 15 is 0 Å². The first kappa shape index (κ1) is 12.4. The number of halogens is 2. The minimum absolute atomic E-state index is 0.142. The number of hydrogen-bond acceptors (Lipinski definition) is 2. The number of nitrogens with zero attached hydrogens (tertiary/aromatic N) is 1. The number of nitrogen functional groups attached to an aromatic ring is 1. The number of anilines is 2. The van der Waals surface area contributed by atoms with Crippen molar-refractivity contribution in [3.05, 3.63) is 59.7 Å². The van der Waals surface area contributed by atoms with Crippen molar-refractivity contribution in [1.82, 2.24) is 0 Å². The average Bonchev–Trinajstić information content (AvgIpc) is 2.34. The summed E-state index contributed by atoms with van der Waals surface area (Å²) in [4.78, 5) is 1.91. The van der Waals surface area contributed by atoms with Crippen molar-refractivity contribution in [1.29, 1.82) is 0 Å². The van der Waals surface area contributed by atoms with Crippen molar-refractivity contribution in [2.75, 3.05) is 17.7 Å². The molecule has 0 aromatic heterocycles. The Morgan fingerprint density at radius 1 is 1.06 bits per heavy atom. The summed E-state index contributed by atoms with van der Waals surface area (Å²) in [6, 6.07) is 10.9. The lowest BCUT2D eigenvalue weighted by Gasteiger charge is -2.19. The monoisotopic (exact) mass is 248 g/mol. The van der Waals surface area contributed by atoms with Crippen molar-refractivity contribution in [3.8, 4) is 0 Å². The number of rotatable bonds is 3. The molecule has 2 aromatic carbocycles. The van der Waals surface area contributed by atoms with Crippen LogP contribution in [0.15, 0.2) is 42.5 Å². The van der Waals surface area contributed by atoms with E-state index in [9.17, 15) is 8.78 Å². The van der Waals surface area contributed by atoms with Gasteiger partial charge in [0.1, 0.15) is 11.6 Å². The highest BCUT2D eigenvalue weighted by molar-refractivity contribution is 5.47. The van der Waals surface area contributed by atoms with E-state index in [1.54, 1.807) is 24.3 Å². The van der Waals surface area contributed by atoms with Crippen LogP contribution >= 0.6 is 0 Å². The first-order chi connectivity index (χ1) is 8.56. The Morgan fingerprint density at radius 2 is 1.72 bits per heavy atom. The van der Waals surface area contributed by atoms with Crippen LogP contribution in [0.2, 0.25) is 0 Å². The van der Waals surface area contributed by atoms with E-state index in [1.165, 1.54) is 18.2 Å². The van der Waals surface area contributed by atoms with Gasteiger partial charge < -0.3 is 10.6 Å². The zero-order chi connectivity index (χ0) is 13.1. The van der Waals surface area contributed by atoms with Crippen LogP contribution in [0, 0.1) is 11.6 Å².